The number of cyclic esters (lactones) is 1. The van der Waals surface area contributed by atoms with E-state index in [9.17, 15) is 9.59 Å². The molecule has 3 atom stereocenters. The van der Waals surface area contributed by atoms with Crippen molar-refractivity contribution >= 4 is 28.3 Å². The first-order chi connectivity index (χ1) is 10.6. The normalized spacial score (nSPS) is 22.4. The van der Waals surface area contributed by atoms with Crippen LogP contribution in [-0.2, 0) is 14.3 Å². The summed E-state index contributed by atoms with van der Waals surface area (Å²) in [6.45, 7) is 3.98. The largest absolute Gasteiger partial charge is 0.462 e. The van der Waals surface area contributed by atoms with Crippen LogP contribution in [0.5, 0.6) is 0 Å². The van der Waals surface area contributed by atoms with Crippen molar-refractivity contribution < 1.29 is 14.3 Å². The second-order valence-corrected chi connectivity index (χ2v) is 6.69. The van der Waals surface area contributed by atoms with E-state index in [1.807, 2.05) is 6.92 Å². The van der Waals surface area contributed by atoms with Crippen LogP contribution in [0.4, 0.5) is 5.13 Å². The molecule has 22 heavy (non-hydrogen) atoms. The number of hydrogen-bond acceptors (Lipinski definition) is 6. The van der Waals surface area contributed by atoms with Crippen LogP contribution >= 0.6 is 11.3 Å². The van der Waals surface area contributed by atoms with E-state index < -0.39 is 0 Å². The van der Waals surface area contributed by atoms with E-state index in [1.165, 1.54) is 17.8 Å². The smallest absolute Gasteiger partial charge is 0.309 e. The van der Waals surface area contributed by atoms with E-state index in [1.54, 1.807) is 5.51 Å². The van der Waals surface area contributed by atoms with Gasteiger partial charge in [0.05, 0.1) is 5.92 Å². The van der Waals surface area contributed by atoms with Crippen molar-refractivity contribution in [2.75, 3.05) is 5.32 Å². The number of nitrogens with zero attached hydrogens (tertiary/aromatic N) is 2. The van der Waals surface area contributed by atoms with Gasteiger partial charge in [-0.2, -0.15) is 0 Å². The van der Waals surface area contributed by atoms with Crippen molar-refractivity contribution in [3.05, 3.63) is 5.51 Å². The Hall–Kier alpha value is -1.50. The van der Waals surface area contributed by atoms with Gasteiger partial charge < -0.3 is 10.1 Å². The molecular formula is C15H23N3O3S. The van der Waals surface area contributed by atoms with Crippen LogP contribution in [0.2, 0.25) is 0 Å². The maximum Gasteiger partial charge on any atom is 0.309 e. The van der Waals surface area contributed by atoms with Crippen molar-refractivity contribution in [1.29, 1.82) is 0 Å². The molecule has 0 aliphatic carbocycles. The third kappa shape index (κ3) is 4.76. The van der Waals surface area contributed by atoms with Gasteiger partial charge in [-0.1, -0.05) is 38.0 Å². The van der Waals surface area contributed by atoms with E-state index in [4.69, 9.17) is 4.74 Å². The lowest BCUT2D eigenvalue weighted by Gasteiger charge is -2.12. The minimum absolute atomic E-state index is 0.0301. The summed E-state index contributed by atoms with van der Waals surface area (Å²) in [6.07, 6.45) is 5.64. The molecule has 2 rings (SSSR count). The highest BCUT2D eigenvalue weighted by Gasteiger charge is 2.35. The highest BCUT2D eigenvalue weighted by molar-refractivity contribution is 7.13. The Kier molecular flexibility index (Phi) is 6.30. The molecule has 0 spiro atoms. The number of anilines is 1. The predicted octanol–water partition coefficient (Wildman–Crippen LogP) is 3.01. The number of hydrogen-bond donors (Lipinski definition) is 1. The van der Waals surface area contributed by atoms with E-state index in [0.29, 0.717) is 11.6 Å². The van der Waals surface area contributed by atoms with Gasteiger partial charge in [-0.25, -0.2) is 0 Å². The molecule has 6 nitrogen and oxygen atoms in total. The maximum absolute atomic E-state index is 12.1. The number of carbonyl (C=O) groups is 2. The predicted molar refractivity (Wildman–Crippen MR) is 84.4 cm³/mol. The Morgan fingerprint density at radius 1 is 1.55 bits per heavy atom. The first-order valence-corrected chi connectivity index (χ1v) is 8.75. The zero-order valence-corrected chi connectivity index (χ0v) is 13.9. The topological polar surface area (TPSA) is 81.2 Å². The van der Waals surface area contributed by atoms with Crippen molar-refractivity contribution in [2.24, 2.45) is 11.8 Å². The number of rotatable bonds is 8. The fourth-order valence-electron chi connectivity index (χ4n) is 2.70. The Morgan fingerprint density at radius 2 is 2.36 bits per heavy atom. The number of amides is 1. The van der Waals surface area contributed by atoms with Crippen LogP contribution in [0.25, 0.3) is 0 Å². The summed E-state index contributed by atoms with van der Waals surface area (Å²) in [5.74, 6) is -0.700. The Labute approximate surface area is 134 Å². The molecule has 1 aromatic heterocycles. The first-order valence-electron chi connectivity index (χ1n) is 7.87. The molecule has 0 bridgehead atoms. The van der Waals surface area contributed by atoms with Gasteiger partial charge in [0.25, 0.3) is 0 Å². The van der Waals surface area contributed by atoms with Crippen LogP contribution in [-0.4, -0.2) is 28.2 Å². The molecule has 1 N–H and O–H groups in total. The lowest BCUT2D eigenvalue weighted by Crippen LogP contribution is -2.24. The molecule has 0 saturated carbocycles. The quantitative estimate of drug-likeness (QED) is 0.587. The van der Waals surface area contributed by atoms with E-state index in [2.05, 4.69) is 22.4 Å². The Morgan fingerprint density at radius 3 is 3.05 bits per heavy atom. The molecule has 0 aromatic carbocycles. The molecule has 7 heteroatoms. The van der Waals surface area contributed by atoms with Gasteiger partial charge in [-0.15, -0.1) is 10.2 Å². The molecule has 1 aromatic rings. The van der Waals surface area contributed by atoms with E-state index in [0.717, 1.165) is 25.7 Å². The Bertz CT molecular complexity index is 492. The SMILES string of the molecule is CCCCC[C@H]1C[C@H](C[C@H](C)C(=O)Nc2nncs2)C(=O)O1. The maximum atomic E-state index is 12.1. The fraction of sp³-hybridized carbons (Fsp3) is 0.733. The molecule has 1 aliphatic rings. The molecule has 1 saturated heterocycles. The highest BCUT2D eigenvalue weighted by Crippen LogP contribution is 2.30. The zero-order chi connectivity index (χ0) is 15.9. The van der Waals surface area contributed by atoms with Crippen molar-refractivity contribution in [3.63, 3.8) is 0 Å². The Balaban J connectivity index is 1.77. The van der Waals surface area contributed by atoms with Crippen molar-refractivity contribution in [3.8, 4) is 0 Å². The summed E-state index contributed by atoms with van der Waals surface area (Å²) >= 11 is 1.28. The van der Waals surface area contributed by atoms with Gasteiger partial charge in [-0.3, -0.25) is 9.59 Å². The first kappa shape index (κ1) is 16.9. The monoisotopic (exact) mass is 325 g/mol. The number of carbonyl (C=O) groups excluding carboxylic acids is 2. The third-order valence-corrected chi connectivity index (χ3v) is 4.58. The summed E-state index contributed by atoms with van der Waals surface area (Å²) in [4.78, 5) is 24.0. The second kappa shape index (κ2) is 8.22. The van der Waals surface area contributed by atoms with Gasteiger partial charge in [0.15, 0.2) is 0 Å². The summed E-state index contributed by atoms with van der Waals surface area (Å²) in [6, 6.07) is 0. The molecule has 1 aliphatic heterocycles. The molecule has 0 unspecified atom stereocenters. The van der Waals surface area contributed by atoms with Gasteiger partial charge in [-0.05, 0) is 25.7 Å². The average molecular weight is 325 g/mol. The number of esters is 1. The third-order valence-electron chi connectivity index (χ3n) is 3.97. The average Bonchev–Trinajstić information content (AvgIpc) is 3.10. The van der Waals surface area contributed by atoms with Crippen LogP contribution in [0.3, 0.4) is 0 Å². The summed E-state index contributed by atoms with van der Waals surface area (Å²) in [5, 5.41) is 10.7. The van der Waals surface area contributed by atoms with Crippen LogP contribution in [0.1, 0.15) is 52.4 Å². The van der Waals surface area contributed by atoms with Gasteiger partial charge >= 0.3 is 5.97 Å². The minimum atomic E-state index is -0.254. The van der Waals surface area contributed by atoms with Gasteiger partial charge in [0.1, 0.15) is 11.6 Å². The summed E-state index contributed by atoms with van der Waals surface area (Å²) in [5.41, 5.74) is 1.56. The number of ether oxygens (including phenoxy) is 1. The standard InChI is InChI=1S/C15H23N3O3S/c1-3-4-5-6-12-8-11(14(20)21-12)7-10(2)13(19)17-15-18-16-9-22-15/h9-12H,3-8H2,1-2H3,(H,17,18,19)/t10-,11-,12-/m0/s1. The molecule has 0 radical (unpaired) electrons. The summed E-state index contributed by atoms with van der Waals surface area (Å²) < 4.78 is 5.42. The molecule has 1 fully saturated rings. The number of unbranched alkanes of at least 4 members (excludes halogenated alkanes) is 2. The highest BCUT2D eigenvalue weighted by atomic mass is 32.1. The second-order valence-electron chi connectivity index (χ2n) is 5.86. The molecular weight excluding hydrogens is 302 g/mol. The summed E-state index contributed by atoms with van der Waals surface area (Å²) in [7, 11) is 0. The number of nitrogens with one attached hydrogen (secondary N) is 1. The molecule has 122 valence electrons. The van der Waals surface area contributed by atoms with Crippen molar-refractivity contribution in [2.45, 2.75) is 58.5 Å². The van der Waals surface area contributed by atoms with Crippen LogP contribution in [0, 0.1) is 11.8 Å². The van der Waals surface area contributed by atoms with Crippen LogP contribution < -0.4 is 5.32 Å². The zero-order valence-electron chi connectivity index (χ0n) is 13.1. The van der Waals surface area contributed by atoms with Gasteiger partial charge in [0, 0.05) is 5.92 Å². The minimum Gasteiger partial charge on any atom is -0.462 e. The van der Waals surface area contributed by atoms with Crippen molar-refractivity contribution in [1.82, 2.24) is 10.2 Å². The van der Waals surface area contributed by atoms with E-state index in [-0.39, 0.29) is 29.8 Å². The number of aromatic nitrogens is 2. The molecule has 2 heterocycles. The molecule has 1 amide bonds. The van der Waals surface area contributed by atoms with Gasteiger partial charge in [0.2, 0.25) is 11.0 Å². The lowest BCUT2D eigenvalue weighted by molar-refractivity contribution is -0.144. The fourth-order valence-corrected chi connectivity index (χ4v) is 3.15. The van der Waals surface area contributed by atoms with E-state index >= 15 is 0 Å². The van der Waals surface area contributed by atoms with Crippen LogP contribution in [0.15, 0.2) is 5.51 Å². The lowest BCUT2D eigenvalue weighted by atomic mass is 9.91.